The summed E-state index contributed by atoms with van der Waals surface area (Å²) in [5.41, 5.74) is 4.72. The number of carbonyl (C=O) groups is 2. The van der Waals surface area contributed by atoms with Crippen molar-refractivity contribution in [2.24, 2.45) is 0 Å². The van der Waals surface area contributed by atoms with Gasteiger partial charge >= 0.3 is 6.09 Å². The average molecular weight is 374 g/mol. The number of fused-ring (bicyclic) bond motifs is 3. The summed E-state index contributed by atoms with van der Waals surface area (Å²) >= 11 is 0. The van der Waals surface area contributed by atoms with E-state index in [1.54, 1.807) is 0 Å². The fourth-order valence-electron chi connectivity index (χ4n) is 3.54. The van der Waals surface area contributed by atoms with Gasteiger partial charge in [0.05, 0.1) is 12.2 Å². The number of hydrogen-bond acceptors (Lipinski definition) is 4. The van der Waals surface area contributed by atoms with E-state index in [1.165, 1.54) is 12.1 Å². The molecule has 6 nitrogen and oxygen atoms in total. The maximum Gasteiger partial charge on any atom is 0.407 e. The Kier molecular flexibility index (Phi) is 4.76. The van der Waals surface area contributed by atoms with Crippen molar-refractivity contribution < 1.29 is 14.3 Å². The second-order valence-electron chi connectivity index (χ2n) is 6.56. The zero-order chi connectivity index (χ0) is 19.5. The van der Waals surface area contributed by atoms with E-state index in [0.717, 1.165) is 22.3 Å². The molecule has 0 saturated carbocycles. The Bertz CT molecular complexity index is 1060. The molecular formula is C22H18N2O4. The highest BCUT2D eigenvalue weighted by Crippen LogP contribution is 2.44. The lowest BCUT2D eigenvalue weighted by molar-refractivity contribution is 0.111. The molecular weight excluding hydrogens is 356 g/mol. The van der Waals surface area contributed by atoms with Crippen LogP contribution in [0.15, 0.2) is 65.5 Å². The summed E-state index contributed by atoms with van der Waals surface area (Å²) in [5, 5.41) is 2.58. The van der Waals surface area contributed by atoms with Gasteiger partial charge < -0.3 is 15.0 Å². The molecule has 0 unspecified atom stereocenters. The lowest BCUT2D eigenvalue weighted by Crippen LogP contribution is -2.28. The zero-order valence-electron chi connectivity index (χ0n) is 15.0. The summed E-state index contributed by atoms with van der Waals surface area (Å²) in [7, 11) is 0. The number of benzene rings is 2. The molecule has 3 aromatic rings. The molecule has 0 bridgehead atoms. The normalized spacial score (nSPS) is 12.1. The fraction of sp³-hybridized carbons (Fsp3) is 0.136. The lowest BCUT2D eigenvalue weighted by atomic mass is 9.98. The number of pyridine rings is 1. The summed E-state index contributed by atoms with van der Waals surface area (Å²) in [6.07, 6.45) is -0.0369. The van der Waals surface area contributed by atoms with Gasteiger partial charge in [-0.05, 0) is 34.4 Å². The van der Waals surface area contributed by atoms with Gasteiger partial charge in [0.1, 0.15) is 6.61 Å². The predicted octanol–water partition coefficient (Wildman–Crippen LogP) is 3.23. The van der Waals surface area contributed by atoms with Gasteiger partial charge in [-0.3, -0.25) is 9.59 Å². The van der Waals surface area contributed by atoms with Gasteiger partial charge in [0.15, 0.2) is 6.29 Å². The molecule has 1 aromatic heterocycles. The number of ether oxygens (including phenoxy) is 1. The Morgan fingerprint density at radius 1 is 1.00 bits per heavy atom. The minimum Gasteiger partial charge on any atom is -0.449 e. The van der Waals surface area contributed by atoms with Crippen molar-refractivity contribution in [3.63, 3.8) is 0 Å². The smallest absolute Gasteiger partial charge is 0.407 e. The molecule has 1 aliphatic carbocycles. The van der Waals surface area contributed by atoms with E-state index in [0.29, 0.717) is 11.8 Å². The quantitative estimate of drug-likeness (QED) is 0.671. The first-order valence-corrected chi connectivity index (χ1v) is 8.93. The Hall–Kier alpha value is -3.67. The first-order chi connectivity index (χ1) is 13.7. The number of amides is 1. The number of aromatic amines is 1. The minimum atomic E-state index is -0.597. The molecule has 1 heterocycles. The summed E-state index contributed by atoms with van der Waals surface area (Å²) in [4.78, 5) is 37.1. The predicted molar refractivity (Wildman–Crippen MR) is 104 cm³/mol. The van der Waals surface area contributed by atoms with Crippen molar-refractivity contribution in [3.05, 3.63) is 93.4 Å². The first-order valence-electron chi connectivity index (χ1n) is 8.93. The molecule has 0 radical (unpaired) electrons. The molecule has 4 rings (SSSR count). The van der Waals surface area contributed by atoms with Gasteiger partial charge in [0, 0.05) is 11.5 Å². The van der Waals surface area contributed by atoms with Crippen LogP contribution in [0.5, 0.6) is 0 Å². The van der Waals surface area contributed by atoms with E-state index in [9.17, 15) is 14.4 Å². The molecule has 0 atom stereocenters. The third-order valence-corrected chi connectivity index (χ3v) is 4.91. The lowest BCUT2D eigenvalue weighted by Gasteiger charge is -2.14. The number of aldehydes is 1. The Morgan fingerprint density at radius 2 is 1.64 bits per heavy atom. The standard InChI is InChI=1S/C22H18N2O4/c25-12-15-10-9-14(21(26)24-15)11-23-22(27)28-13-20-18-7-3-1-5-16(18)17-6-2-4-8-19(17)20/h1-10,12,20H,11,13H2,(H,23,27)(H,24,26). The number of alkyl carbamates (subject to hydrolysis) is 1. The van der Waals surface area contributed by atoms with Crippen LogP contribution in [-0.2, 0) is 11.3 Å². The van der Waals surface area contributed by atoms with Crippen molar-refractivity contribution >= 4 is 12.4 Å². The Balaban J connectivity index is 1.41. The van der Waals surface area contributed by atoms with Gasteiger partial charge in [0.25, 0.3) is 5.56 Å². The van der Waals surface area contributed by atoms with E-state index in [1.807, 2.05) is 24.3 Å². The zero-order valence-corrected chi connectivity index (χ0v) is 15.0. The summed E-state index contributed by atoms with van der Waals surface area (Å²) < 4.78 is 5.43. The molecule has 0 saturated heterocycles. The first kappa shape index (κ1) is 17.7. The van der Waals surface area contributed by atoms with E-state index in [-0.39, 0.29) is 24.8 Å². The Morgan fingerprint density at radius 3 is 2.25 bits per heavy atom. The number of aromatic nitrogens is 1. The third kappa shape index (κ3) is 3.32. The largest absolute Gasteiger partial charge is 0.449 e. The van der Waals surface area contributed by atoms with Crippen LogP contribution in [0.4, 0.5) is 4.79 Å². The van der Waals surface area contributed by atoms with Gasteiger partial charge in [-0.2, -0.15) is 0 Å². The highest BCUT2D eigenvalue weighted by Gasteiger charge is 2.28. The van der Waals surface area contributed by atoms with Crippen LogP contribution in [0.3, 0.4) is 0 Å². The van der Waals surface area contributed by atoms with Gasteiger partial charge in [0.2, 0.25) is 0 Å². The number of nitrogens with one attached hydrogen (secondary N) is 2. The topological polar surface area (TPSA) is 88.3 Å². The van der Waals surface area contributed by atoms with Gasteiger partial charge in [-0.25, -0.2) is 4.79 Å². The monoisotopic (exact) mass is 374 g/mol. The van der Waals surface area contributed by atoms with Crippen molar-refractivity contribution in [2.75, 3.05) is 6.61 Å². The van der Waals surface area contributed by atoms with E-state index < -0.39 is 11.7 Å². The minimum absolute atomic E-state index is 0.0190. The average Bonchev–Trinajstić information content (AvgIpc) is 3.05. The maximum absolute atomic E-state index is 12.1. The number of rotatable bonds is 5. The molecule has 0 aliphatic heterocycles. The number of carbonyl (C=O) groups excluding carboxylic acids is 2. The summed E-state index contributed by atoms with van der Waals surface area (Å²) in [6.45, 7) is 0.228. The molecule has 28 heavy (non-hydrogen) atoms. The van der Waals surface area contributed by atoms with Crippen molar-refractivity contribution in [2.45, 2.75) is 12.5 Å². The van der Waals surface area contributed by atoms with Crippen LogP contribution in [-0.4, -0.2) is 24.0 Å². The fourth-order valence-corrected chi connectivity index (χ4v) is 3.54. The second-order valence-corrected chi connectivity index (χ2v) is 6.56. The van der Waals surface area contributed by atoms with Crippen LogP contribution in [0.1, 0.15) is 33.1 Å². The van der Waals surface area contributed by atoms with Gasteiger partial charge in [-0.1, -0.05) is 48.5 Å². The van der Waals surface area contributed by atoms with Gasteiger partial charge in [-0.15, -0.1) is 0 Å². The number of H-pyrrole nitrogens is 1. The highest BCUT2D eigenvalue weighted by atomic mass is 16.5. The maximum atomic E-state index is 12.1. The second kappa shape index (κ2) is 7.52. The molecule has 6 heteroatoms. The summed E-state index contributed by atoms with van der Waals surface area (Å²) in [6, 6.07) is 19.2. The molecule has 0 fully saturated rings. The molecule has 2 aromatic carbocycles. The molecule has 140 valence electrons. The molecule has 1 amide bonds. The third-order valence-electron chi connectivity index (χ3n) is 4.91. The summed E-state index contributed by atoms with van der Waals surface area (Å²) in [5.74, 6) is -0.0200. The van der Waals surface area contributed by atoms with Crippen molar-refractivity contribution in [1.82, 2.24) is 10.3 Å². The number of hydrogen-bond donors (Lipinski definition) is 2. The van der Waals surface area contributed by atoms with Crippen molar-refractivity contribution in [1.29, 1.82) is 0 Å². The molecule has 2 N–H and O–H groups in total. The SMILES string of the molecule is O=Cc1ccc(CNC(=O)OCC2c3ccccc3-c3ccccc32)c(=O)[nH]1. The van der Waals surface area contributed by atoms with E-state index in [2.05, 4.69) is 34.6 Å². The molecule has 1 aliphatic rings. The molecule has 0 spiro atoms. The van der Waals surface area contributed by atoms with E-state index >= 15 is 0 Å². The van der Waals surface area contributed by atoms with Crippen LogP contribution >= 0.6 is 0 Å². The Labute approximate surface area is 161 Å². The van der Waals surface area contributed by atoms with E-state index in [4.69, 9.17) is 4.74 Å². The van der Waals surface area contributed by atoms with Crippen LogP contribution in [0.25, 0.3) is 11.1 Å². The van der Waals surface area contributed by atoms with Crippen LogP contribution < -0.4 is 10.9 Å². The van der Waals surface area contributed by atoms with Crippen LogP contribution in [0, 0.1) is 0 Å². The van der Waals surface area contributed by atoms with Crippen molar-refractivity contribution in [3.8, 4) is 11.1 Å². The van der Waals surface area contributed by atoms with Crippen LogP contribution in [0.2, 0.25) is 0 Å². The highest BCUT2D eigenvalue weighted by molar-refractivity contribution is 5.79.